The predicted molar refractivity (Wildman–Crippen MR) is 169 cm³/mol. The number of halogens is 9. The van der Waals surface area contributed by atoms with E-state index in [9.17, 15) is 39.5 Å². The zero-order chi connectivity index (χ0) is 37.0. The minimum Gasteiger partial charge on any atom is -0.260 e. The number of benzene rings is 1. The number of hydrogen-bond acceptors (Lipinski definition) is 1. The second kappa shape index (κ2) is 24.6. The molecule has 1 aromatic carbocycles. The van der Waals surface area contributed by atoms with Gasteiger partial charge in [-0.05, 0) is 40.7 Å². The molecule has 0 aliphatic rings. The van der Waals surface area contributed by atoms with Crippen LogP contribution >= 0.6 is 0 Å². The van der Waals surface area contributed by atoms with Crippen LogP contribution in [0.2, 0.25) is 0 Å². The fourth-order valence-electron chi connectivity index (χ4n) is 2.16. The SMILES string of the molecule is CC.CC.CC.CC(C)(C)C.CC(C)(C)c1ccc(C(F)(F)F)cc1.CC(C)(C)c1ccc(C(F)(F)F)cn1.CC(F)(F)F.[W]. The van der Waals surface area contributed by atoms with E-state index in [0.717, 1.165) is 30.0 Å². The molecule has 11 heteroatoms. The first-order valence-corrected chi connectivity index (χ1v) is 14.7. The first kappa shape index (κ1) is 55.8. The normalized spacial score (nSPS) is 11.2. The summed E-state index contributed by atoms with van der Waals surface area (Å²) >= 11 is 0. The maximum absolute atomic E-state index is 12.2. The second-order valence-electron chi connectivity index (χ2n) is 12.3. The molecule has 0 bridgehead atoms. The summed E-state index contributed by atoms with van der Waals surface area (Å²) in [6, 6.07) is 7.79. The van der Waals surface area contributed by atoms with E-state index in [0.29, 0.717) is 11.1 Å². The van der Waals surface area contributed by atoms with Crippen molar-refractivity contribution in [2.24, 2.45) is 5.41 Å². The third kappa shape index (κ3) is 38.5. The van der Waals surface area contributed by atoms with Crippen LogP contribution in [-0.2, 0) is 44.2 Å². The second-order valence-corrected chi connectivity index (χ2v) is 12.3. The largest absolute Gasteiger partial charge is 0.417 e. The summed E-state index contributed by atoms with van der Waals surface area (Å²) in [5, 5.41) is 0. The first-order chi connectivity index (χ1) is 19.4. The van der Waals surface area contributed by atoms with Crippen molar-refractivity contribution in [3.8, 4) is 0 Å². The summed E-state index contributed by atoms with van der Waals surface area (Å²) in [5.41, 5.74) is 0.445. The van der Waals surface area contributed by atoms with Gasteiger partial charge in [-0.25, -0.2) is 0 Å². The van der Waals surface area contributed by atoms with E-state index in [1.165, 1.54) is 18.2 Å². The molecule has 0 aliphatic heterocycles. The van der Waals surface area contributed by atoms with Crippen LogP contribution in [0.1, 0.15) is 140 Å². The molecule has 0 fully saturated rings. The van der Waals surface area contributed by atoms with Crippen molar-refractivity contribution in [3.05, 3.63) is 65.0 Å². The Kier molecular flexibility index (Phi) is 30.5. The van der Waals surface area contributed by atoms with Crippen LogP contribution < -0.4 is 0 Å². The number of aromatic nitrogens is 1. The molecule has 1 heterocycles. The standard InChI is InChI=1S/C11H13F3.C10H12F3N.C5H12.C2H3F3.3C2H6.W/c1-10(2,3)8-4-6-9(7-5-8)11(12,13)14;1-9(2,3)8-5-4-7(6-14-8)10(11,12)13;1-5(2,3)4;1-2(3,4)5;3*1-2;/h4-7H,1-3H3;4-6H,1-3H3;1-4H3;1H3;3*1-2H3;. The van der Waals surface area contributed by atoms with E-state index in [1.807, 2.05) is 83.1 Å². The molecule has 0 radical (unpaired) electrons. The van der Waals surface area contributed by atoms with Gasteiger partial charge in [0.25, 0.3) is 0 Å². The Hall–Kier alpha value is -1.57. The molecule has 0 saturated carbocycles. The monoisotopic (exact) mass is 835 g/mol. The molecule has 0 atom stereocenters. The van der Waals surface area contributed by atoms with Crippen molar-refractivity contribution in [2.75, 3.05) is 0 Å². The fourth-order valence-corrected chi connectivity index (χ4v) is 2.16. The van der Waals surface area contributed by atoms with Gasteiger partial charge >= 0.3 is 18.5 Å². The van der Waals surface area contributed by atoms with Gasteiger partial charge in [0.1, 0.15) is 0 Å². The molecular formula is C34H58F9NW. The molecule has 1 aromatic heterocycles. The Balaban J connectivity index is -0.000000114. The molecule has 0 unspecified atom stereocenters. The van der Waals surface area contributed by atoms with Gasteiger partial charge in [0.15, 0.2) is 0 Å². The van der Waals surface area contributed by atoms with E-state index >= 15 is 0 Å². The smallest absolute Gasteiger partial charge is 0.260 e. The first-order valence-electron chi connectivity index (χ1n) is 14.7. The van der Waals surface area contributed by atoms with Crippen molar-refractivity contribution in [1.29, 1.82) is 0 Å². The molecule has 0 amide bonds. The quantitative estimate of drug-likeness (QED) is 0.241. The number of hydrogen-bond donors (Lipinski definition) is 0. The Bertz CT molecular complexity index is 768. The Labute approximate surface area is 282 Å². The van der Waals surface area contributed by atoms with Gasteiger partial charge in [-0.3, -0.25) is 4.98 Å². The Morgan fingerprint density at radius 1 is 0.422 bits per heavy atom. The number of nitrogens with zero attached hydrogens (tertiary/aromatic N) is 1. The minimum absolute atomic E-state index is 0. The van der Waals surface area contributed by atoms with Gasteiger partial charge in [-0.2, -0.15) is 39.5 Å². The van der Waals surface area contributed by atoms with Gasteiger partial charge in [0.05, 0.1) is 11.1 Å². The molecule has 0 N–H and O–H groups in total. The Morgan fingerprint density at radius 3 is 0.844 bits per heavy atom. The minimum atomic E-state index is -4.30. The zero-order valence-corrected chi connectivity index (χ0v) is 33.2. The van der Waals surface area contributed by atoms with Crippen LogP contribution in [0.5, 0.6) is 0 Å². The third-order valence-corrected chi connectivity index (χ3v) is 3.94. The van der Waals surface area contributed by atoms with Gasteiger partial charge in [0.2, 0.25) is 0 Å². The van der Waals surface area contributed by atoms with E-state index in [2.05, 4.69) is 32.7 Å². The third-order valence-electron chi connectivity index (χ3n) is 3.94. The zero-order valence-electron chi connectivity index (χ0n) is 30.3. The van der Waals surface area contributed by atoms with Gasteiger partial charge in [0, 0.05) is 45.3 Å². The van der Waals surface area contributed by atoms with E-state index in [-0.39, 0.29) is 38.8 Å². The maximum Gasteiger partial charge on any atom is 0.417 e. The molecule has 1 nitrogen and oxygen atoms in total. The summed E-state index contributed by atoms with van der Waals surface area (Å²) in [4.78, 5) is 3.80. The molecule has 0 spiro atoms. The molecule has 0 saturated heterocycles. The fraction of sp³-hybridized carbons (Fsp3) is 0.676. The molecule has 268 valence electrons. The van der Waals surface area contributed by atoms with Crippen LogP contribution in [0.25, 0.3) is 0 Å². The van der Waals surface area contributed by atoms with Crippen molar-refractivity contribution in [3.63, 3.8) is 0 Å². The van der Waals surface area contributed by atoms with Crippen LogP contribution in [0.15, 0.2) is 42.6 Å². The summed E-state index contributed by atoms with van der Waals surface area (Å²) in [7, 11) is 0. The van der Waals surface area contributed by atoms with Crippen molar-refractivity contribution in [2.45, 2.75) is 147 Å². The van der Waals surface area contributed by atoms with Crippen LogP contribution in [0.3, 0.4) is 0 Å². The van der Waals surface area contributed by atoms with Crippen LogP contribution in [0, 0.1) is 5.41 Å². The van der Waals surface area contributed by atoms with E-state index < -0.39 is 29.7 Å². The molecule has 2 rings (SSSR count). The van der Waals surface area contributed by atoms with Gasteiger partial charge in [-0.15, -0.1) is 0 Å². The van der Waals surface area contributed by atoms with Crippen LogP contribution in [-0.4, -0.2) is 11.2 Å². The molecular weight excluding hydrogens is 777 g/mol. The average Bonchev–Trinajstić information content (AvgIpc) is 2.84. The predicted octanol–water partition coefficient (Wildman–Crippen LogP) is 14.1. The van der Waals surface area contributed by atoms with Crippen molar-refractivity contribution >= 4 is 0 Å². The van der Waals surface area contributed by atoms with E-state index in [1.54, 1.807) is 0 Å². The van der Waals surface area contributed by atoms with E-state index in [4.69, 9.17) is 0 Å². The number of pyridine rings is 1. The van der Waals surface area contributed by atoms with Crippen molar-refractivity contribution < 1.29 is 60.6 Å². The summed E-state index contributed by atoms with van der Waals surface area (Å²) in [6.45, 7) is 32.6. The summed E-state index contributed by atoms with van der Waals surface area (Å²) in [6.07, 6.45) is -11.7. The molecule has 0 aliphatic carbocycles. The number of alkyl halides is 9. The Morgan fingerprint density at radius 2 is 0.667 bits per heavy atom. The number of rotatable bonds is 0. The van der Waals surface area contributed by atoms with Gasteiger partial charge in [-0.1, -0.05) is 123 Å². The maximum atomic E-state index is 12.2. The molecule has 2 aromatic rings. The van der Waals surface area contributed by atoms with Crippen LogP contribution in [0.4, 0.5) is 39.5 Å². The summed E-state index contributed by atoms with van der Waals surface area (Å²) in [5.74, 6) is 0. The van der Waals surface area contributed by atoms with Gasteiger partial charge < -0.3 is 0 Å². The molecule has 45 heavy (non-hydrogen) atoms. The average molecular weight is 836 g/mol. The summed E-state index contributed by atoms with van der Waals surface area (Å²) < 4.78 is 104. The van der Waals surface area contributed by atoms with Crippen molar-refractivity contribution in [1.82, 2.24) is 4.98 Å². The topological polar surface area (TPSA) is 12.9 Å².